The van der Waals surface area contributed by atoms with Crippen molar-refractivity contribution in [3.8, 4) is 0 Å². The first-order valence-electron chi connectivity index (χ1n) is 6.52. The number of rotatable bonds is 3. The predicted molar refractivity (Wildman–Crippen MR) is 83.1 cm³/mol. The molecule has 2 nitrogen and oxygen atoms in total. The Kier molecular flexibility index (Phi) is 3.17. The Labute approximate surface area is 120 Å². The zero-order valence-corrected chi connectivity index (χ0v) is 12.8. The number of benzene rings is 1. The van der Waals surface area contributed by atoms with Gasteiger partial charge >= 0.3 is 0 Å². The third-order valence-electron chi connectivity index (χ3n) is 4.89. The van der Waals surface area contributed by atoms with Crippen LogP contribution in [0.25, 0.3) is 0 Å². The first-order chi connectivity index (χ1) is 8.74. The fraction of sp³-hybridized carbons (Fsp3) is 0.500. The van der Waals surface area contributed by atoms with Crippen LogP contribution >= 0.6 is 12.6 Å². The molecule has 1 aliphatic carbocycles. The van der Waals surface area contributed by atoms with Gasteiger partial charge in [-0.2, -0.15) is 0 Å². The molecule has 101 valence electrons. The Morgan fingerprint density at radius 1 is 1.26 bits per heavy atom. The van der Waals surface area contributed by atoms with Gasteiger partial charge in [-0.15, -0.1) is 11.5 Å². The third kappa shape index (κ3) is 1.57. The standard InChI is InChI=1S/C16H20NOS/c1-6-10-16(19)14(2,3)11-8-7-9-12(17-18)13(11)15(16,4)5/h6-9H,1,10H2,2-5H3. The molecule has 0 amide bonds. The van der Waals surface area contributed by atoms with E-state index < -0.39 is 4.75 Å². The first kappa shape index (κ1) is 14.3. The maximum atomic E-state index is 11.1. The second kappa shape index (κ2) is 4.20. The zero-order valence-electron chi connectivity index (χ0n) is 12.0. The number of allylic oxidation sites excluding steroid dienone is 1. The van der Waals surface area contributed by atoms with E-state index in [1.54, 1.807) is 6.07 Å². The lowest BCUT2D eigenvalue weighted by Gasteiger charge is -2.45. The largest absolute Gasteiger partial charge is 0.145 e. The second-order valence-electron chi connectivity index (χ2n) is 6.36. The Morgan fingerprint density at radius 2 is 1.89 bits per heavy atom. The summed E-state index contributed by atoms with van der Waals surface area (Å²) in [6.45, 7) is 12.4. The fourth-order valence-electron chi connectivity index (χ4n) is 3.71. The Bertz CT molecular complexity index is 548. The molecule has 1 unspecified atom stereocenters. The van der Waals surface area contributed by atoms with Crippen molar-refractivity contribution in [1.82, 2.24) is 0 Å². The van der Waals surface area contributed by atoms with E-state index in [4.69, 9.17) is 12.6 Å². The van der Waals surface area contributed by atoms with Gasteiger partial charge in [0.25, 0.3) is 0 Å². The Hall–Kier alpha value is -1.09. The summed E-state index contributed by atoms with van der Waals surface area (Å²) < 4.78 is -0.398. The van der Waals surface area contributed by atoms with Gasteiger partial charge in [0.15, 0.2) is 0 Å². The van der Waals surface area contributed by atoms with Gasteiger partial charge in [-0.3, -0.25) is 0 Å². The van der Waals surface area contributed by atoms with Crippen LogP contribution in [0, 0.1) is 4.91 Å². The molecule has 1 atom stereocenters. The summed E-state index contributed by atoms with van der Waals surface area (Å²) >= 11 is 6.04. The smallest absolute Gasteiger partial charge is 0.112 e. The van der Waals surface area contributed by atoms with Gasteiger partial charge < -0.3 is 0 Å². The van der Waals surface area contributed by atoms with Gasteiger partial charge in [-0.05, 0) is 28.8 Å². The lowest BCUT2D eigenvalue weighted by atomic mass is 9.67. The summed E-state index contributed by atoms with van der Waals surface area (Å²) in [6.07, 6.45) is 2.62. The van der Waals surface area contributed by atoms with Gasteiger partial charge in [-0.1, -0.05) is 58.5 Å². The molecule has 1 aromatic carbocycles. The van der Waals surface area contributed by atoms with Crippen LogP contribution in [0.3, 0.4) is 0 Å². The number of hydrogen-bond acceptors (Lipinski definition) is 2. The molecule has 1 radical (unpaired) electrons. The molecule has 0 aliphatic heterocycles. The Morgan fingerprint density at radius 3 is 2.42 bits per heavy atom. The quantitative estimate of drug-likeness (QED) is 0.552. The molecule has 0 N–H and O–H groups in total. The monoisotopic (exact) mass is 274 g/mol. The molecule has 2 rings (SSSR count). The lowest BCUT2D eigenvalue weighted by Crippen LogP contribution is -2.49. The van der Waals surface area contributed by atoms with Crippen molar-refractivity contribution in [1.29, 1.82) is 0 Å². The summed E-state index contributed by atoms with van der Waals surface area (Å²) in [6, 6.07) is 5.74. The van der Waals surface area contributed by atoms with Crippen LogP contribution in [-0.2, 0) is 10.8 Å². The molecule has 3 heteroatoms. The summed E-state index contributed by atoms with van der Waals surface area (Å²) in [4.78, 5) is 11.1. The highest BCUT2D eigenvalue weighted by Gasteiger charge is 2.61. The molecule has 0 heterocycles. The molecule has 0 aromatic heterocycles. The normalized spacial score (nSPS) is 26.8. The van der Waals surface area contributed by atoms with Crippen LogP contribution < -0.4 is 0 Å². The lowest BCUT2D eigenvalue weighted by molar-refractivity contribution is 0.288. The van der Waals surface area contributed by atoms with Crippen molar-refractivity contribution in [3.05, 3.63) is 46.9 Å². The number of fused-ring (bicyclic) bond motifs is 1. The van der Waals surface area contributed by atoms with E-state index >= 15 is 0 Å². The van der Waals surface area contributed by atoms with Crippen molar-refractivity contribution < 1.29 is 0 Å². The van der Waals surface area contributed by atoms with E-state index in [1.807, 2.05) is 12.1 Å². The minimum atomic E-state index is -0.398. The summed E-state index contributed by atoms with van der Waals surface area (Å²) in [7, 11) is 0. The molecule has 0 fully saturated rings. The van der Waals surface area contributed by atoms with E-state index in [1.165, 1.54) is 0 Å². The van der Waals surface area contributed by atoms with Gasteiger partial charge in [0.2, 0.25) is 0 Å². The maximum absolute atomic E-state index is 11.1. The summed E-state index contributed by atoms with van der Waals surface area (Å²) in [5.41, 5.74) is 2.18. The predicted octanol–water partition coefficient (Wildman–Crippen LogP) is 5.17. The van der Waals surface area contributed by atoms with E-state index in [2.05, 4.69) is 45.5 Å². The molecule has 0 saturated heterocycles. The SMILES string of the molecule is C=CCC1([S])C(C)(C)c2cccc(N=O)c2C1(C)C. The molecular formula is C16H20NOS. The summed E-state index contributed by atoms with van der Waals surface area (Å²) in [5, 5.41) is 3.21. The average Bonchev–Trinajstić information content (AvgIpc) is 2.47. The molecular weight excluding hydrogens is 254 g/mol. The molecule has 1 aromatic rings. The highest BCUT2D eigenvalue weighted by Crippen LogP contribution is 2.63. The Balaban J connectivity index is 2.82. The van der Waals surface area contributed by atoms with E-state index in [-0.39, 0.29) is 10.8 Å². The fourth-order valence-corrected chi connectivity index (χ4v) is 4.04. The van der Waals surface area contributed by atoms with Crippen LogP contribution in [0.4, 0.5) is 5.69 Å². The van der Waals surface area contributed by atoms with E-state index in [0.717, 1.165) is 17.5 Å². The van der Waals surface area contributed by atoms with Crippen molar-refractivity contribution in [2.75, 3.05) is 0 Å². The molecule has 0 saturated carbocycles. The van der Waals surface area contributed by atoms with Crippen molar-refractivity contribution in [3.63, 3.8) is 0 Å². The van der Waals surface area contributed by atoms with Gasteiger partial charge in [0, 0.05) is 15.6 Å². The molecule has 0 bridgehead atoms. The van der Waals surface area contributed by atoms with Crippen LogP contribution in [-0.4, -0.2) is 4.75 Å². The topological polar surface area (TPSA) is 29.4 Å². The zero-order chi connectivity index (χ0) is 14.5. The van der Waals surface area contributed by atoms with Gasteiger partial charge in [-0.25, -0.2) is 0 Å². The molecule has 1 aliphatic rings. The number of nitrogens with zero attached hydrogens (tertiary/aromatic N) is 1. The van der Waals surface area contributed by atoms with Crippen molar-refractivity contribution >= 4 is 18.3 Å². The number of nitroso groups, excluding NO2 is 1. The van der Waals surface area contributed by atoms with Crippen LogP contribution in [0.5, 0.6) is 0 Å². The first-order valence-corrected chi connectivity index (χ1v) is 6.93. The maximum Gasteiger partial charge on any atom is 0.112 e. The van der Waals surface area contributed by atoms with Crippen LogP contribution in [0.2, 0.25) is 0 Å². The minimum absolute atomic E-state index is 0.198. The van der Waals surface area contributed by atoms with Gasteiger partial charge in [0.05, 0.1) is 0 Å². The van der Waals surface area contributed by atoms with Crippen LogP contribution in [0.1, 0.15) is 45.2 Å². The van der Waals surface area contributed by atoms with Gasteiger partial charge in [0.1, 0.15) is 5.69 Å². The number of hydrogen-bond donors (Lipinski definition) is 0. The minimum Gasteiger partial charge on any atom is -0.145 e. The van der Waals surface area contributed by atoms with E-state index in [0.29, 0.717) is 5.69 Å². The highest BCUT2D eigenvalue weighted by atomic mass is 32.1. The summed E-state index contributed by atoms with van der Waals surface area (Å²) in [5.74, 6) is 0. The van der Waals surface area contributed by atoms with Crippen LogP contribution in [0.15, 0.2) is 36.0 Å². The molecule has 0 spiro atoms. The second-order valence-corrected chi connectivity index (χ2v) is 7.06. The molecule has 19 heavy (non-hydrogen) atoms. The average molecular weight is 274 g/mol. The highest BCUT2D eigenvalue weighted by molar-refractivity contribution is 7.82. The van der Waals surface area contributed by atoms with Crippen molar-refractivity contribution in [2.24, 2.45) is 5.18 Å². The van der Waals surface area contributed by atoms with E-state index in [9.17, 15) is 4.91 Å². The van der Waals surface area contributed by atoms with Crippen molar-refractivity contribution in [2.45, 2.75) is 49.7 Å². The third-order valence-corrected chi connectivity index (χ3v) is 6.08.